The van der Waals surface area contributed by atoms with Gasteiger partial charge < -0.3 is 0 Å². The standard InChI is InChI=1S/C12H16ClF3N2/c1-8-7-9(13)4-5-10(8)11(18-17)3-2-6-12(14,15)16/h4-5,7,11,18H,2-3,6,17H2,1H3. The Hall–Kier alpha value is -0.780. The monoisotopic (exact) mass is 280 g/mol. The number of rotatable bonds is 5. The lowest BCUT2D eigenvalue weighted by Crippen LogP contribution is -2.28. The van der Waals surface area contributed by atoms with Crippen LogP contribution in [0, 0.1) is 6.92 Å². The van der Waals surface area contributed by atoms with Crippen molar-refractivity contribution < 1.29 is 13.2 Å². The van der Waals surface area contributed by atoms with E-state index in [0.29, 0.717) is 11.4 Å². The summed E-state index contributed by atoms with van der Waals surface area (Å²) >= 11 is 5.83. The summed E-state index contributed by atoms with van der Waals surface area (Å²) in [5, 5.41) is 0.599. The second kappa shape index (κ2) is 6.41. The molecule has 1 atom stereocenters. The molecular formula is C12H16ClF3N2. The molecule has 3 N–H and O–H groups in total. The van der Waals surface area contributed by atoms with E-state index in [2.05, 4.69) is 5.43 Å². The summed E-state index contributed by atoms with van der Waals surface area (Å²) < 4.78 is 36.2. The molecule has 0 spiro atoms. The number of aryl methyl sites for hydroxylation is 1. The average Bonchev–Trinajstić information content (AvgIpc) is 2.24. The third-order valence-corrected chi connectivity index (χ3v) is 3.00. The molecule has 2 nitrogen and oxygen atoms in total. The van der Waals surface area contributed by atoms with Gasteiger partial charge in [-0.05, 0) is 43.0 Å². The summed E-state index contributed by atoms with van der Waals surface area (Å²) in [6.45, 7) is 1.86. The maximum absolute atomic E-state index is 12.1. The van der Waals surface area contributed by atoms with E-state index in [1.807, 2.05) is 6.92 Å². The Morgan fingerprint density at radius 3 is 2.56 bits per heavy atom. The summed E-state index contributed by atoms with van der Waals surface area (Å²) in [6, 6.07) is 4.98. The van der Waals surface area contributed by atoms with Gasteiger partial charge in [0.25, 0.3) is 0 Å². The second-order valence-corrected chi connectivity index (χ2v) is 4.66. The van der Waals surface area contributed by atoms with E-state index >= 15 is 0 Å². The van der Waals surface area contributed by atoms with Crippen molar-refractivity contribution in [1.29, 1.82) is 0 Å². The molecule has 1 unspecified atom stereocenters. The van der Waals surface area contributed by atoms with Gasteiger partial charge >= 0.3 is 6.18 Å². The minimum Gasteiger partial charge on any atom is -0.271 e. The number of benzene rings is 1. The first-order valence-electron chi connectivity index (χ1n) is 5.62. The maximum Gasteiger partial charge on any atom is 0.389 e. The zero-order chi connectivity index (χ0) is 13.8. The fourth-order valence-electron chi connectivity index (χ4n) is 1.87. The molecule has 0 bridgehead atoms. The van der Waals surface area contributed by atoms with E-state index in [4.69, 9.17) is 17.4 Å². The molecule has 0 aliphatic carbocycles. The van der Waals surface area contributed by atoms with Gasteiger partial charge in [0, 0.05) is 17.5 Å². The molecule has 0 fully saturated rings. The predicted molar refractivity (Wildman–Crippen MR) is 66.2 cm³/mol. The number of hydrogen-bond donors (Lipinski definition) is 2. The highest BCUT2D eigenvalue weighted by atomic mass is 35.5. The number of hydrogen-bond acceptors (Lipinski definition) is 2. The van der Waals surface area contributed by atoms with Crippen LogP contribution in [0.4, 0.5) is 13.2 Å². The summed E-state index contributed by atoms with van der Waals surface area (Å²) in [4.78, 5) is 0. The highest BCUT2D eigenvalue weighted by Gasteiger charge is 2.27. The maximum atomic E-state index is 12.1. The molecule has 18 heavy (non-hydrogen) atoms. The van der Waals surface area contributed by atoms with Crippen molar-refractivity contribution in [2.75, 3.05) is 0 Å². The van der Waals surface area contributed by atoms with Gasteiger partial charge in [-0.1, -0.05) is 17.7 Å². The van der Waals surface area contributed by atoms with Crippen LogP contribution in [0.5, 0.6) is 0 Å². The topological polar surface area (TPSA) is 38.0 Å². The van der Waals surface area contributed by atoms with Crippen LogP contribution in [0.15, 0.2) is 18.2 Å². The average molecular weight is 281 g/mol. The zero-order valence-corrected chi connectivity index (χ0v) is 10.8. The predicted octanol–water partition coefficient (Wildman–Crippen LogP) is 3.89. The van der Waals surface area contributed by atoms with Gasteiger partial charge in [0.1, 0.15) is 0 Å². The quantitative estimate of drug-likeness (QED) is 0.634. The number of hydrazine groups is 1. The molecule has 1 aromatic carbocycles. The fraction of sp³-hybridized carbons (Fsp3) is 0.500. The Balaban J connectivity index is 2.66. The summed E-state index contributed by atoms with van der Waals surface area (Å²) in [5.74, 6) is 5.40. The Bertz CT molecular complexity index is 393. The van der Waals surface area contributed by atoms with Gasteiger partial charge in [-0.15, -0.1) is 0 Å². The molecule has 0 amide bonds. The van der Waals surface area contributed by atoms with Gasteiger partial charge in [-0.2, -0.15) is 13.2 Å². The summed E-state index contributed by atoms with van der Waals surface area (Å²) in [7, 11) is 0. The first-order valence-corrected chi connectivity index (χ1v) is 6.00. The van der Waals surface area contributed by atoms with Crippen LogP contribution in [0.2, 0.25) is 5.02 Å². The summed E-state index contributed by atoms with van der Waals surface area (Å²) in [5.41, 5.74) is 4.35. The van der Waals surface area contributed by atoms with Crippen LogP contribution in [-0.4, -0.2) is 6.18 Å². The van der Waals surface area contributed by atoms with E-state index < -0.39 is 12.6 Å². The van der Waals surface area contributed by atoms with Gasteiger partial charge in [0.15, 0.2) is 0 Å². The van der Waals surface area contributed by atoms with Crippen molar-refractivity contribution in [1.82, 2.24) is 5.43 Å². The van der Waals surface area contributed by atoms with Crippen LogP contribution < -0.4 is 11.3 Å². The van der Waals surface area contributed by atoms with E-state index in [0.717, 1.165) is 11.1 Å². The van der Waals surface area contributed by atoms with Crippen LogP contribution in [0.1, 0.15) is 36.4 Å². The molecule has 0 aromatic heterocycles. The SMILES string of the molecule is Cc1cc(Cl)ccc1C(CCCC(F)(F)F)NN. The Morgan fingerprint density at radius 1 is 1.39 bits per heavy atom. The largest absolute Gasteiger partial charge is 0.389 e. The van der Waals surface area contributed by atoms with Gasteiger partial charge in [0.05, 0.1) is 0 Å². The molecule has 0 saturated carbocycles. The lowest BCUT2D eigenvalue weighted by atomic mass is 9.97. The molecule has 1 rings (SSSR count). The molecule has 0 radical (unpaired) electrons. The zero-order valence-electron chi connectivity index (χ0n) is 10.0. The molecule has 102 valence electrons. The first-order chi connectivity index (χ1) is 8.33. The smallest absolute Gasteiger partial charge is 0.271 e. The Morgan fingerprint density at radius 2 is 2.06 bits per heavy atom. The van der Waals surface area contributed by atoms with Gasteiger partial charge in [-0.25, -0.2) is 0 Å². The lowest BCUT2D eigenvalue weighted by molar-refractivity contribution is -0.135. The number of alkyl halides is 3. The molecule has 0 aliphatic heterocycles. The molecule has 0 aliphatic rings. The van der Waals surface area contributed by atoms with Crippen molar-refractivity contribution >= 4 is 11.6 Å². The second-order valence-electron chi connectivity index (χ2n) is 4.23. The molecule has 6 heteroatoms. The van der Waals surface area contributed by atoms with Crippen LogP contribution >= 0.6 is 11.6 Å². The summed E-state index contributed by atoms with van der Waals surface area (Å²) in [6.07, 6.45) is -4.54. The van der Waals surface area contributed by atoms with Gasteiger partial charge in [0.2, 0.25) is 0 Å². The highest BCUT2D eigenvalue weighted by molar-refractivity contribution is 6.30. The Labute approximate surface area is 109 Å². The van der Waals surface area contributed by atoms with Crippen LogP contribution in [-0.2, 0) is 0 Å². The van der Waals surface area contributed by atoms with Crippen molar-refractivity contribution in [3.8, 4) is 0 Å². The molecular weight excluding hydrogens is 265 g/mol. The van der Waals surface area contributed by atoms with E-state index in [1.165, 1.54) is 0 Å². The Kier molecular flexibility index (Phi) is 5.44. The third kappa shape index (κ3) is 4.84. The molecule has 0 heterocycles. The number of nitrogens with two attached hydrogens (primary N) is 1. The van der Waals surface area contributed by atoms with Crippen LogP contribution in [0.25, 0.3) is 0 Å². The molecule has 1 aromatic rings. The molecule has 0 saturated heterocycles. The number of nitrogens with one attached hydrogen (secondary N) is 1. The minimum atomic E-state index is -4.12. The van der Waals surface area contributed by atoms with E-state index in [1.54, 1.807) is 18.2 Å². The van der Waals surface area contributed by atoms with Crippen molar-refractivity contribution in [2.24, 2.45) is 5.84 Å². The van der Waals surface area contributed by atoms with Crippen molar-refractivity contribution in [3.05, 3.63) is 34.3 Å². The normalized spacial score (nSPS) is 13.7. The van der Waals surface area contributed by atoms with E-state index in [9.17, 15) is 13.2 Å². The van der Waals surface area contributed by atoms with Crippen LogP contribution in [0.3, 0.4) is 0 Å². The number of halogens is 4. The van der Waals surface area contributed by atoms with Crippen molar-refractivity contribution in [2.45, 2.75) is 38.4 Å². The lowest BCUT2D eigenvalue weighted by Gasteiger charge is -2.19. The third-order valence-electron chi connectivity index (χ3n) is 2.76. The highest BCUT2D eigenvalue weighted by Crippen LogP contribution is 2.28. The fourth-order valence-corrected chi connectivity index (χ4v) is 2.09. The van der Waals surface area contributed by atoms with Crippen molar-refractivity contribution in [3.63, 3.8) is 0 Å². The van der Waals surface area contributed by atoms with Gasteiger partial charge in [-0.3, -0.25) is 11.3 Å². The van der Waals surface area contributed by atoms with E-state index in [-0.39, 0.29) is 12.5 Å². The minimum absolute atomic E-state index is 0.0421. The first kappa shape index (κ1) is 15.3.